The Balaban J connectivity index is 2.13. The first-order valence-electron chi connectivity index (χ1n) is 5.89. The van der Waals surface area contributed by atoms with Crippen LogP contribution in [0.1, 0.15) is 27.9 Å². The Kier molecular flexibility index (Phi) is 4.14. The highest BCUT2D eigenvalue weighted by Gasteiger charge is 2.17. The molecule has 0 bridgehead atoms. The smallest absolute Gasteiger partial charge is 0.373 e. The highest BCUT2D eigenvalue weighted by atomic mass is 19.1. The summed E-state index contributed by atoms with van der Waals surface area (Å²) >= 11 is 0. The van der Waals surface area contributed by atoms with Crippen LogP contribution in [0.5, 0.6) is 0 Å². The van der Waals surface area contributed by atoms with Crippen LogP contribution in [0.3, 0.4) is 0 Å². The summed E-state index contributed by atoms with van der Waals surface area (Å²) in [6, 6.07) is 5.60. The van der Waals surface area contributed by atoms with Gasteiger partial charge in [-0.05, 0) is 30.2 Å². The number of hydrogen-bond donors (Lipinski definition) is 1. The first-order valence-corrected chi connectivity index (χ1v) is 5.89. The quantitative estimate of drug-likeness (QED) is 0.875. The molecular formula is C14H13F2NO3. The number of carbonyl (C=O) groups is 1. The molecule has 1 atom stereocenters. The van der Waals surface area contributed by atoms with E-state index in [-0.39, 0.29) is 17.7 Å². The van der Waals surface area contributed by atoms with E-state index in [1.54, 1.807) is 0 Å². The zero-order valence-corrected chi connectivity index (χ0v) is 10.7. The molecule has 0 aliphatic rings. The molecule has 0 radical (unpaired) electrons. The first kappa shape index (κ1) is 14.2. The van der Waals surface area contributed by atoms with Crippen molar-refractivity contribution in [3.8, 4) is 0 Å². The lowest BCUT2D eigenvalue weighted by atomic mass is 10.0. The number of hydrogen-bond acceptors (Lipinski definition) is 4. The number of nitrogens with two attached hydrogens (primary N) is 1. The van der Waals surface area contributed by atoms with Crippen molar-refractivity contribution in [3.05, 3.63) is 59.1 Å². The van der Waals surface area contributed by atoms with Crippen LogP contribution >= 0.6 is 0 Å². The van der Waals surface area contributed by atoms with Gasteiger partial charge in [-0.3, -0.25) is 0 Å². The topological polar surface area (TPSA) is 65.5 Å². The van der Waals surface area contributed by atoms with Gasteiger partial charge in [-0.2, -0.15) is 0 Å². The SMILES string of the molecule is COC(=O)c1ccc(C(N)Cc2ccc(F)cc2F)o1. The molecule has 1 aromatic carbocycles. The second kappa shape index (κ2) is 5.83. The fourth-order valence-electron chi connectivity index (χ4n) is 1.79. The molecule has 0 saturated heterocycles. The minimum Gasteiger partial charge on any atom is -0.463 e. The van der Waals surface area contributed by atoms with E-state index in [4.69, 9.17) is 10.2 Å². The summed E-state index contributed by atoms with van der Waals surface area (Å²) in [6.45, 7) is 0. The van der Waals surface area contributed by atoms with Gasteiger partial charge < -0.3 is 14.9 Å². The molecule has 2 aromatic rings. The molecule has 1 unspecified atom stereocenters. The van der Waals surface area contributed by atoms with E-state index in [1.807, 2.05) is 0 Å². The number of carbonyl (C=O) groups excluding carboxylic acids is 1. The van der Waals surface area contributed by atoms with Gasteiger partial charge in [0.05, 0.1) is 13.2 Å². The molecule has 2 N–H and O–H groups in total. The summed E-state index contributed by atoms with van der Waals surface area (Å²) in [4.78, 5) is 11.2. The van der Waals surface area contributed by atoms with Gasteiger partial charge in [0.25, 0.3) is 0 Å². The second-order valence-corrected chi connectivity index (χ2v) is 4.24. The summed E-state index contributed by atoms with van der Waals surface area (Å²) in [7, 11) is 1.23. The summed E-state index contributed by atoms with van der Waals surface area (Å²) in [5, 5.41) is 0. The van der Waals surface area contributed by atoms with Crippen molar-refractivity contribution in [2.75, 3.05) is 7.11 Å². The molecule has 1 aromatic heterocycles. The summed E-state index contributed by atoms with van der Waals surface area (Å²) < 4.78 is 36.1. The van der Waals surface area contributed by atoms with E-state index >= 15 is 0 Å². The van der Waals surface area contributed by atoms with Crippen molar-refractivity contribution in [1.29, 1.82) is 0 Å². The largest absolute Gasteiger partial charge is 0.463 e. The highest BCUT2D eigenvalue weighted by Crippen LogP contribution is 2.21. The molecule has 0 aliphatic heterocycles. The Morgan fingerprint density at radius 3 is 2.75 bits per heavy atom. The van der Waals surface area contributed by atoms with Gasteiger partial charge in [0.15, 0.2) is 0 Å². The number of methoxy groups -OCH3 is 1. The lowest BCUT2D eigenvalue weighted by molar-refractivity contribution is 0.0562. The standard InChI is InChI=1S/C14H13F2NO3/c1-19-14(18)13-5-4-12(20-13)11(17)6-8-2-3-9(15)7-10(8)16/h2-5,7,11H,6,17H2,1H3. The van der Waals surface area contributed by atoms with E-state index < -0.39 is 23.6 Å². The number of benzene rings is 1. The van der Waals surface area contributed by atoms with Crippen LogP contribution in [-0.4, -0.2) is 13.1 Å². The van der Waals surface area contributed by atoms with Crippen molar-refractivity contribution >= 4 is 5.97 Å². The Bertz CT molecular complexity index is 625. The van der Waals surface area contributed by atoms with Crippen LogP contribution in [-0.2, 0) is 11.2 Å². The predicted octanol–water partition coefficient (Wildman–Crippen LogP) is 2.59. The minimum absolute atomic E-state index is 0.0255. The van der Waals surface area contributed by atoms with Crippen molar-refractivity contribution in [1.82, 2.24) is 0 Å². The Labute approximate surface area is 114 Å². The third-order valence-electron chi connectivity index (χ3n) is 2.83. The van der Waals surface area contributed by atoms with E-state index in [2.05, 4.69) is 4.74 Å². The number of halogens is 2. The Morgan fingerprint density at radius 1 is 1.35 bits per heavy atom. The average molecular weight is 281 g/mol. The lowest BCUT2D eigenvalue weighted by Crippen LogP contribution is -2.13. The van der Waals surface area contributed by atoms with Crippen molar-refractivity contribution in [3.63, 3.8) is 0 Å². The van der Waals surface area contributed by atoms with Gasteiger partial charge in [0.2, 0.25) is 5.76 Å². The van der Waals surface area contributed by atoms with Gasteiger partial charge in [0, 0.05) is 6.07 Å². The fraction of sp³-hybridized carbons (Fsp3) is 0.214. The van der Waals surface area contributed by atoms with Gasteiger partial charge in [-0.15, -0.1) is 0 Å². The maximum absolute atomic E-state index is 13.5. The normalized spacial score (nSPS) is 12.2. The van der Waals surface area contributed by atoms with Crippen LogP contribution in [0.4, 0.5) is 8.78 Å². The fourth-order valence-corrected chi connectivity index (χ4v) is 1.79. The van der Waals surface area contributed by atoms with Crippen LogP contribution in [0, 0.1) is 11.6 Å². The van der Waals surface area contributed by atoms with Crippen LogP contribution in [0.15, 0.2) is 34.7 Å². The second-order valence-electron chi connectivity index (χ2n) is 4.24. The lowest BCUT2D eigenvalue weighted by Gasteiger charge is -2.09. The van der Waals surface area contributed by atoms with Crippen molar-refractivity contribution < 1.29 is 22.7 Å². The van der Waals surface area contributed by atoms with Gasteiger partial charge >= 0.3 is 5.97 Å². The summed E-state index contributed by atoms with van der Waals surface area (Å²) in [5.74, 6) is -1.57. The molecular weight excluding hydrogens is 268 g/mol. The van der Waals surface area contributed by atoms with Crippen molar-refractivity contribution in [2.45, 2.75) is 12.5 Å². The average Bonchev–Trinajstić information content (AvgIpc) is 2.90. The van der Waals surface area contributed by atoms with Crippen LogP contribution < -0.4 is 5.73 Å². The maximum atomic E-state index is 13.5. The summed E-state index contributed by atoms with van der Waals surface area (Å²) in [6.07, 6.45) is 0.125. The molecule has 0 saturated carbocycles. The molecule has 0 spiro atoms. The molecule has 4 nitrogen and oxygen atoms in total. The van der Waals surface area contributed by atoms with E-state index in [1.165, 1.54) is 25.3 Å². The van der Waals surface area contributed by atoms with E-state index in [0.29, 0.717) is 5.76 Å². The van der Waals surface area contributed by atoms with Gasteiger partial charge in [-0.1, -0.05) is 6.07 Å². The van der Waals surface area contributed by atoms with Crippen LogP contribution in [0.2, 0.25) is 0 Å². The molecule has 0 amide bonds. The van der Waals surface area contributed by atoms with Gasteiger partial charge in [-0.25, -0.2) is 13.6 Å². The van der Waals surface area contributed by atoms with E-state index in [9.17, 15) is 13.6 Å². The first-order chi connectivity index (χ1) is 9.51. The number of furan rings is 1. The molecule has 0 aliphatic carbocycles. The molecule has 20 heavy (non-hydrogen) atoms. The molecule has 0 fully saturated rings. The number of esters is 1. The van der Waals surface area contributed by atoms with E-state index in [0.717, 1.165) is 12.1 Å². The van der Waals surface area contributed by atoms with Gasteiger partial charge in [0.1, 0.15) is 17.4 Å². The third kappa shape index (κ3) is 3.03. The molecule has 6 heteroatoms. The highest BCUT2D eigenvalue weighted by molar-refractivity contribution is 5.86. The Hall–Kier alpha value is -2.21. The molecule has 2 rings (SSSR count). The minimum atomic E-state index is -0.666. The van der Waals surface area contributed by atoms with Crippen LogP contribution in [0.25, 0.3) is 0 Å². The third-order valence-corrected chi connectivity index (χ3v) is 2.83. The molecule has 106 valence electrons. The predicted molar refractivity (Wildman–Crippen MR) is 67.0 cm³/mol. The number of ether oxygens (including phenoxy) is 1. The summed E-state index contributed by atoms with van der Waals surface area (Å²) in [5.41, 5.74) is 6.16. The number of rotatable bonds is 4. The zero-order valence-electron chi connectivity index (χ0n) is 10.7. The monoisotopic (exact) mass is 281 g/mol. The zero-order chi connectivity index (χ0) is 14.7. The van der Waals surface area contributed by atoms with Crippen molar-refractivity contribution in [2.24, 2.45) is 5.73 Å². The Morgan fingerprint density at radius 2 is 2.10 bits per heavy atom. The maximum Gasteiger partial charge on any atom is 0.373 e. The molecule has 1 heterocycles.